The minimum Gasteiger partial charge on any atom is -0.309 e. The molecule has 4 nitrogen and oxygen atoms in total. The SMILES string of the molecule is CC(NCCS(N)(=O)=O)c1cc(F)c(Cl)cc1Cl. The molecule has 1 rings (SSSR count). The predicted octanol–water partition coefficient (Wildman–Crippen LogP) is 2.07. The third kappa shape index (κ3) is 4.70. The molecule has 0 bridgehead atoms. The molecule has 0 aromatic heterocycles. The second kappa shape index (κ2) is 6.16. The van der Waals surface area contributed by atoms with E-state index in [4.69, 9.17) is 28.3 Å². The Bertz CT molecular complexity index is 537. The molecule has 3 N–H and O–H groups in total. The lowest BCUT2D eigenvalue weighted by molar-refractivity contribution is 0.567. The smallest absolute Gasteiger partial charge is 0.210 e. The van der Waals surface area contributed by atoms with Crippen molar-refractivity contribution in [2.45, 2.75) is 13.0 Å². The van der Waals surface area contributed by atoms with Gasteiger partial charge in [0.25, 0.3) is 0 Å². The first-order chi connectivity index (χ1) is 8.20. The van der Waals surface area contributed by atoms with Gasteiger partial charge >= 0.3 is 0 Å². The van der Waals surface area contributed by atoms with Gasteiger partial charge in [0.1, 0.15) is 5.82 Å². The van der Waals surface area contributed by atoms with Gasteiger partial charge in [-0.1, -0.05) is 23.2 Å². The summed E-state index contributed by atoms with van der Waals surface area (Å²) in [4.78, 5) is 0. The molecule has 0 saturated heterocycles. The van der Waals surface area contributed by atoms with Gasteiger partial charge in [-0.15, -0.1) is 0 Å². The maximum Gasteiger partial charge on any atom is 0.210 e. The van der Waals surface area contributed by atoms with E-state index in [1.54, 1.807) is 6.92 Å². The number of benzene rings is 1. The van der Waals surface area contributed by atoms with Gasteiger partial charge in [-0.3, -0.25) is 0 Å². The summed E-state index contributed by atoms with van der Waals surface area (Å²) in [5.74, 6) is -0.776. The van der Waals surface area contributed by atoms with Crippen molar-refractivity contribution in [3.05, 3.63) is 33.6 Å². The second-order valence-corrected chi connectivity index (χ2v) is 6.38. The number of hydrogen-bond donors (Lipinski definition) is 2. The fourth-order valence-corrected chi connectivity index (χ4v) is 2.35. The van der Waals surface area contributed by atoms with Crippen LogP contribution >= 0.6 is 23.2 Å². The van der Waals surface area contributed by atoms with Crippen molar-refractivity contribution >= 4 is 33.2 Å². The van der Waals surface area contributed by atoms with E-state index < -0.39 is 15.8 Å². The summed E-state index contributed by atoms with van der Waals surface area (Å²) in [6.45, 7) is 1.89. The van der Waals surface area contributed by atoms with Crippen LogP contribution in [0, 0.1) is 5.82 Å². The number of nitrogens with one attached hydrogen (secondary N) is 1. The number of primary sulfonamides is 1. The Morgan fingerprint density at radius 2 is 2.00 bits per heavy atom. The Kier molecular flexibility index (Phi) is 5.36. The Hall–Kier alpha value is -0.400. The lowest BCUT2D eigenvalue weighted by atomic mass is 10.1. The van der Waals surface area contributed by atoms with Gasteiger partial charge in [-0.05, 0) is 24.6 Å². The molecule has 0 aliphatic heterocycles. The summed E-state index contributed by atoms with van der Waals surface area (Å²) in [5.41, 5.74) is 0.507. The van der Waals surface area contributed by atoms with Gasteiger partial charge in [0.15, 0.2) is 0 Å². The van der Waals surface area contributed by atoms with Crippen LogP contribution in [0.4, 0.5) is 4.39 Å². The van der Waals surface area contributed by atoms with E-state index in [-0.39, 0.29) is 23.4 Å². The molecule has 1 aromatic rings. The lowest BCUT2D eigenvalue weighted by Gasteiger charge is -2.15. The van der Waals surface area contributed by atoms with E-state index in [0.29, 0.717) is 10.6 Å². The quantitative estimate of drug-likeness (QED) is 0.817. The third-order valence-electron chi connectivity index (χ3n) is 2.34. The van der Waals surface area contributed by atoms with Gasteiger partial charge in [0, 0.05) is 17.6 Å². The van der Waals surface area contributed by atoms with Crippen LogP contribution in [0.15, 0.2) is 12.1 Å². The zero-order chi connectivity index (χ0) is 13.9. The summed E-state index contributed by atoms with van der Waals surface area (Å²) in [6.07, 6.45) is 0. The Balaban J connectivity index is 2.73. The van der Waals surface area contributed by atoms with Crippen LogP contribution in [0.5, 0.6) is 0 Å². The molecule has 18 heavy (non-hydrogen) atoms. The summed E-state index contributed by atoms with van der Waals surface area (Å²) in [6, 6.07) is 2.22. The Morgan fingerprint density at radius 3 is 2.56 bits per heavy atom. The number of halogens is 3. The van der Waals surface area contributed by atoms with Crippen LogP contribution < -0.4 is 10.5 Å². The summed E-state index contributed by atoms with van der Waals surface area (Å²) in [5, 5.41) is 8.01. The predicted molar refractivity (Wildman–Crippen MR) is 70.8 cm³/mol. The van der Waals surface area contributed by atoms with Crippen molar-refractivity contribution < 1.29 is 12.8 Å². The largest absolute Gasteiger partial charge is 0.309 e. The van der Waals surface area contributed by atoms with Crippen LogP contribution in [-0.2, 0) is 10.0 Å². The molecular formula is C10H13Cl2FN2O2S. The fraction of sp³-hybridized carbons (Fsp3) is 0.400. The number of rotatable bonds is 5. The molecule has 0 spiro atoms. The van der Waals surface area contributed by atoms with E-state index >= 15 is 0 Å². The molecule has 0 radical (unpaired) electrons. The van der Waals surface area contributed by atoms with Crippen molar-refractivity contribution in [1.29, 1.82) is 0 Å². The average molecular weight is 315 g/mol. The molecule has 0 saturated carbocycles. The van der Waals surface area contributed by atoms with Gasteiger partial charge in [0.05, 0.1) is 10.8 Å². The van der Waals surface area contributed by atoms with Gasteiger partial charge in [-0.25, -0.2) is 17.9 Å². The van der Waals surface area contributed by atoms with E-state index in [0.717, 1.165) is 0 Å². The molecule has 8 heteroatoms. The maximum atomic E-state index is 13.3. The Labute approximate surface area is 115 Å². The minimum absolute atomic E-state index is 0.0551. The summed E-state index contributed by atoms with van der Waals surface area (Å²) in [7, 11) is -3.52. The third-order valence-corrected chi connectivity index (χ3v) is 3.73. The molecule has 0 aliphatic carbocycles. The van der Waals surface area contributed by atoms with Crippen LogP contribution in [0.2, 0.25) is 10.0 Å². The van der Waals surface area contributed by atoms with Crippen molar-refractivity contribution in [2.75, 3.05) is 12.3 Å². The highest BCUT2D eigenvalue weighted by Gasteiger charge is 2.13. The molecule has 0 aliphatic rings. The van der Waals surface area contributed by atoms with Crippen molar-refractivity contribution in [2.24, 2.45) is 5.14 Å². The molecule has 0 heterocycles. The van der Waals surface area contributed by atoms with Gasteiger partial charge in [0.2, 0.25) is 10.0 Å². The van der Waals surface area contributed by atoms with Crippen LogP contribution in [0.3, 0.4) is 0 Å². The first-order valence-corrected chi connectivity index (χ1v) is 7.56. The lowest BCUT2D eigenvalue weighted by Crippen LogP contribution is -2.29. The summed E-state index contributed by atoms with van der Waals surface area (Å²) < 4.78 is 34.8. The van der Waals surface area contributed by atoms with E-state index in [9.17, 15) is 12.8 Å². The standard InChI is InChI=1S/C10H13Cl2FN2O2S/c1-6(15-2-3-18(14,16)17)7-4-10(13)9(12)5-8(7)11/h4-6,15H,2-3H2,1H3,(H2,14,16,17). The molecule has 102 valence electrons. The topological polar surface area (TPSA) is 72.2 Å². The first kappa shape index (κ1) is 15.7. The minimum atomic E-state index is -3.52. The van der Waals surface area contributed by atoms with E-state index in [1.807, 2.05) is 0 Å². The van der Waals surface area contributed by atoms with Crippen LogP contribution in [0.25, 0.3) is 0 Å². The normalized spacial score (nSPS) is 13.6. The first-order valence-electron chi connectivity index (χ1n) is 5.09. The zero-order valence-corrected chi connectivity index (χ0v) is 11.9. The molecule has 1 unspecified atom stereocenters. The second-order valence-electron chi connectivity index (χ2n) is 3.83. The van der Waals surface area contributed by atoms with Crippen molar-refractivity contribution in [3.8, 4) is 0 Å². The van der Waals surface area contributed by atoms with Gasteiger partial charge < -0.3 is 5.32 Å². The number of nitrogens with two attached hydrogens (primary N) is 1. The fourth-order valence-electron chi connectivity index (χ4n) is 1.40. The van der Waals surface area contributed by atoms with Crippen LogP contribution in [-0.4, -0.2) is 20.7 Å². The van der Waals surface area contributed by atoms with E-state index in [2.05, 4.69) is 5.32 Å². The zero-order valence-electron chi connectivity index (χ0n) is 9.58. The highest BCUT2D eigenvalue weighted by Crippen LogP contribution is 2.28. The Morgan fingerprint density at radius 1 is 1.39 bits per heavy atom. The highest BCUT2D eigenvalue weighted by molar-refractivity contribution is 7.89. The van der Waals surface area contributed by atoms with Crippen LogP contribution in [0.1, 0.15) is 18.5 Å². The van der Waals surface area contributed by atoms with Crippen molar-refractivity contribution in [1.82, 2.24) is 5.32 Å². The molecule has 1 atom stereocenters. The number of sulfonamides is 1. The summed E-state index contributed by atoms with van der Waals surface area (Å²) >= 11 is 11.5. The van der Waals surface area contributed by atoms with E-state index in [1.165, 1.54) is 12.1 Å². The average Bonchev–Trinajstić information content (AvgIpc) is 2.21. The van der Waals surface area contributed by atoms with Gasteiger partial charge in [-0.2, -0.15) is 0 Å². The van der Waals surface area contributed by atoms with Crippen molar-refractivity contribution in [3.63, 3.8) is 0 Å². The monoisotopic (exact) mass is 314 g/mol. The molecule has 1 aromatic carbocycles. The molecular weight excluding hydrogens is 302 g/mol. The number of hydrogen-bond acceptors (Lipinski definition) is 3. The maximum absolute atomic E-state index is 13.3. The molecule has 0 fully saturated rings. The molecule has 0 amide bonds. The highest BCUT2D eigenvalue weighted by atomic mass is 35.5.